The first-order chi connectivity index (χ1) is 14.1. The minimum absolute atomic E-state index is 0.178. The Labute approximate surface area is 176 Å². The average Bonchev–Trinajstić information content (AvgIpc) is 3.28. The molecule has 1 N–H and O–H groups in total. The fraction of sp³-hybridized carbons (Fsp3) is 0.500. The molecule has 7 heteroatoms. The van der Waals surface area contributed by atoms with Crippen LogP contribution in [0, 0.1) is 5.92 Å². The summed E-state index contributed by atoms with van der Waals surface area (Å²) in [5, 5.41) is 5.20. The van der Waals surface area contributed by atoms with E-state index in [9.17, 15) is 4.79 Å². The van der Waals surface area contributed by atoms with E-state index >= 15 is 0 Å². The van der Waals surface area contributed by atoms with Crippen LogP contribution in [0.5, 0.6) is 17.2 Å². The Kier molecular flexibility index (Phi) is 7.39. The van der Waals surface area contributed by atoms with Crippen molar-refractivity contribution in [3.8, 4) is 17.2 Å². The predicted molar refractivity (Wildman–Crippen MR) is 115 cm³/mol. The molecule has 1 aliphatic heterocycles. The molecule has 29 heavy (non-hydrogen) atoms. The van der Waals surface area contributed by atoms with Gasteiger partial charge in [0.05, 0.1) is 32.9 Å². The summed E-state index contributed by atoms with van der Waals surface area (Å²) < 4.78 is 16.2. The van der Waals surface area contributed by atoms with Crippen LogP contribution in [0.15, 0.2) is 29.6 Å². The fourth-order valence-corrected chi connectivity index (χ4v) is 4.66. The van der Waals surface area contributed by atoms with Crippen LogP contribution in [0.1, 0.15) is 41.0 Å². The molecule has 1 amide bonds. The highest BCUT2D eigenvalue weighted by Crippen LogP contribution is 2.39. The van der Waals surface area contributed by atoms with Crippen LogP contribution in [0.2, 0.25) is 0 Å². The third kappa shape index (κ3) is 4.85. The molecule has 1 aromatic carbocycles. The van der Waals surface area contributed by atoms with E-state index < -0.39 is 0 Å². The molecule has 6 nitrogen and oxygen atoms in total. The van der Waals surface area contributed by atoms with Crippen molar-refractivity contribution < 1.29 is 19.0 Å². The average molecular weight is 419 g/mol. The molecule has 158 valence electrons. The number of piperidine rings is 1. The first kappa shape index (κ1) is 21.5. The number of benzene rings is 1. The highest BCUT2D eigenvalue weighted by molar-refractivity contribution is 7.10. The zero-order valence-corrected chi connectivity index (χ0v) is 18.4. The van der Waals surface area contributed by atoms with Gasteiger partial charge in [0.2, 0.25) is 5.75 Å². The van der Waals surface area contributed by atoms with E-state index in [0.717, 1.165) is 19.0 Å². The number of methoxy groups -OCH3 is 3. The number of carbonyl (C=O) groups excluding carboxylic acids is 1. The standard InChI is InChI=1S/C22H30N2O4S/c1-15-9-11-24(12-10-15)17(19-6-5-13-29-19)14-23-22(25)16-7-8-18(26-2)21(28-4)20(16)27-3/h5-8,13,15,17H,9-12,14H2,1-4H3,(H,23,25). The lowest BCUT2D eigenvalue weighted by Crippen LogP contribution is -2.41. The number of likely N-dealkylation sites (tertiary alicyclic amines) is 1. The summed E-state index contributed by atoms with van der Waals surface area (Å²) >= 11 is 1.74. The molecule has 1 atom stereocenters. The number of rotatable bonds is 8. The first-order valence-corrected chi connectivity index (χ1v) is 10.8. The maximum atomic E-state index is 13.0. The number of thiophene rings is 1. The summed E-state index contributed by atoms with van der Waals surface area (Å²) in [4.78, 5) is 16.8. The molecule has 0 aliphatic carbocycles. The second kappa shape index (κ2) is 9.98. The molecule has 2 heterocycles. The molecular formula is C22H30N2O4S. The highest BCUT2D eigenvalue weighted by atomic mass is 32.1. The van der Waals surface area contributed by atoms with Crippen LogP contribution >= 0.6 is 11.3 Å². The van der Waals surface area contributed by atoms with Gasteiger partial charge in [0.25, 0.3) is 5.91 Å². The van der Waals surface area contributed by atoms with Crippen molar-refractivity contribution in [2.24, 2.45) is 5.92 Å². The Morgan fingerprint density at radius 3 is 2.45 bits per heavy atom. The van der Waals surface area contributed by atoms with Gasteiger partial charge in [-0.2, -0.15) is 0 Å². The van der Waals surface area contributed by atoms with E-state index in [2.05, 4.69) is 34.7 Å². The molecule has 0 bridgehead atoms. The van der Waals surface area contributed by atoms with Crippen LogP contribution in [0.3, 0.4) is 0 Å². The van der Waals surface area contributed by atoms with Crippen LogP contribution in [-0.4, -0.2) is 51.8 Å². The number of nitrogens with one attached hydrogen (secondary N) is 1. The van der Waals surface area contributed by atoms with Crippen LogP contribution in [0.4, 0.5) is 0 Å². The predicted octanol–water partition coefficient (Wildman–Crippen LogP) is 3.98. The number of amides is 1. The van der Waals surface area contributed by atoms with Gasteiger partial charge >= 0.3 is 0 Å². The van der Waals surface area contributed by atoms with Gasteiger partial charge < -0.3 is 19.5 Å². The van der Waals surface area contributed by atoms with Crippen molar-refractivity contribution in [3.05, 3.63) is 40.1 Å². The van der Waals surface area contributed by atoms with E-state index in [1.807, 2.05) is 0 Å². The topological polar surface area (TPSA) is 60.0 Å². The molecule has 0 saturated carbocycles. The molecule has 1 unspecified atom stereocenters. The zero-order valence-electron chi connectivity index (χ0n) is 17.6. The molecule has 3 rings (SSSR count). The van der Waals surface area contributed by atoms with Gasteiger partial charge in [-0.3, -0.25) is 9.69 Å². The van der Waals surface area contributed by atoms with Crippen molar-refractivity contribution in [2.75, 3.05) is 41.0 Å². The van der Waals surface area contributed by atoms with E-state index in [0.29, 0.717) is 29.4 Å². The number of hydrogen-bond donors (Lipinski definition) is 1. The third-order valence-electron chi connectivity index (χ3n) is 5.54. The summed E-state index contributed by atoms with van der Waals surface area (Å²) in [5.74, 6) is 1.90. The Morgan fingerprint density at radius 2 is 1.86 bits per heavy atom. The van der Waals surface area contributed by atoms with Gasteiger partial charge in [-0.15, -0.1) is 11.3 Å². The van der Waals surface area contributed by atoms with Gasteiger partial charge in [0, 0.05) is 11.4 Å². The van der Waals surface area contributed by atoms with Crippen molar-refractivity contribution >= 4 is 17.2 Å². The lowest BCUT2D eigenvalue weighted by molar-refractivity contribution is 0.0911. The van der Waals surface area contributed by atoms with Crippen LogP contribution < -0.4 is 19.5 Å². The van der Waals surface area contributed by atoms with E-state index in [-0.39, 0.29) is 11.9 Å². The van der Waals surface area contributed by atoms with Crippen LogP contribution in [0.25, 0.3) is 0 Å². The number of hydrogen-bond acceptors (Lipinski definition) is 6. The Morgan fingerprint density at radius 1 is 1.14 bits per heavy atom. The molecule has 1 aromatic heterocycles. The Balaban J connectivity index is 1.77. The minimum atomic E-state index is -0.185. The summed E-state index contributed by atoms with van der Waals surface area (Å²) in [6.07, 6.45) is 2.39. The summed E-state index contributed by atoms with van der Waals surface area (Å²) in [7, 11) is 4.62. The maximum Gasteiger partial charge on any atom is 0.255 e. The zero-order chi connectivity index (χ0) is 20.8. The van der Waals surface area contributed by atoms with Crippen molar-refractivity contribution in [1.29, 1.82) is 0 Å². The summed E-state index contributed by atoms with van der Waals surface area (Å²) in [6, 6.07) is 7.82. The molecule has 1 fully saturated rings. The maximum absolute atomic E-state index is 13.0. The minimum Gasteiger partial charge on any atom is -0.493 e. The quantitative estimate of drug-likeness (QED) is 0.703. The van der Waals surface area contributed by atoms with Crippen LogP contribution in [-0.2, 0) is 0 Å². The van der Waals surface area contributed by atoms with Gasteiger partial charge in [-0.05, 0) is 55.4 Å². The third-order valence-corrected chi connectivity index (χ3v) is 6.51. The molecule has 1 saturated heterocycles. The van der Waals surface area contributed by atoms with E-state index in [1.165, 1.54) is 31.9 Å². The van der Waals surface area contributed by atoms with Crippen molar-refractivity contribution in [3.63, 3.8) is 0 Å². The monoisotopic (exact) mass is 418 g/mol. The van der Waals surface area contributed by atoms with E-state index in [1.54, 1.807) is 30.6 Å². The lowest BCUT2D eigenvalue weighted by atomic mass is 9.97. The summed E-state index contributed by atoms with van der Waals surface area (Å²) in [5.41, 5.74) is 0.433. The molecule has 0 spiro atoms. The number of ether oxygens (including phenoxy) is 3. The molecule has 0 radical (unpaired) electrons. The number of nitrogens with zero attached hydrogens (tertiary/aromatic N) is 1. The van der Waals surface area contributed by atoms with Crippen molar-refractivity contribution in [2.45, 2.75) is 25.8 Å². The molecule has 2 aromatic rings. The van der Waals surface area contributed by atoms with Gasteiger partial charge in [-0.1, -0.05) is 13.0 Å². The Bertz CT molecular complexity index is 801. The Hall–Kier alpha value is -2.25. The highest BCUT2D eigenvalue weighted by Gasteiger charge is 2.27. The van der Waals surface area contributed by atoms with Gasteiger partial charge in [0.1, 0.15) is 0 Å². The largest absolute Gasteiger partial charge is 0.493 e. The lowest BCUT2D eigenvalue weighted by Gasteiger charge is -2.36. The second-order valence-electron chi connectivity index (χ2n) is 7.34. The van der Waals surface area contributed by atoms with Gasteiger partial charge in [-0.25, -0.2) is 0 Å². The van der Waals surface area contributed by atoms with Crippen molar-refractivity contribution in [1.82, 2.24) is 10.2 Å². The molecular weight excluding hydrogens is 388 g/mol. The first-order valence-electron chi connectivity index (χ1n) is 9.93. The second-order valence-corrected chi connectivity index (χ2v) is 8.32. The fourth-order valence-electron chi connectivity index (χ4n) is 3.80. The van der Waals surface area contributed by atoms with Gasteiger partial charge in [0.15, 0.2) is 11.5 Å². The smallest absolute Gasteiger partial charge is 0.255 e. The SMILES string of the molecule is COc1ccc(C(=O)NCC(c2cccs2)N2CCC(C)CC2)c(OC)c1OC. The molecule has 1 aliphatic rings. The summed E-state index contributed by atoms with van der Waals surface area (Å²) in [6.45, 7) is 4.96. The normalized spacial score (nSPS) is 16.3. The van der Waals surface area contributed by atoms with E-state index in [4.69, 9.17) is 14.2 Å². The number of carbonyl (C=O) groups is 1.